The number of ether oxygens (including phenoxy) is 1. The molecule has 0 aliphatic carbocycles. The van der Waals surface area contributed by atoms with Crippen molar-refractivity contribution >= 4 is 27.3 Å². The van der Waals surface area contributed by atoms with Crippen LogP contribution in [0, 0.1) is 12.7 Å². The molecule has 0 saturated carbocycles. The van der Waals surface area contributed by atoms with Gasteiger partial charge in [-0.3, -0.25) is 9.10 Å². The number of anilines is 2. The van der Waals surface area contributed by atoms with Crippen molar-refractivity contribution in [2.24, 2.45) is 0 Å². The van der Waals surface area contributed by atoms with Gasteiger partial charge in [0.15, 0.2) is 6.61 Å². The maximum atomic E-state index is 14.0. The van der Waals surface area contributed by atoms with Crippen molar-refractivity contribution in [3.05, 3.63) is 89.7 Å². The van der Waals surface area contributed by atoms with Gasteiger partial charge in [0.05, 0.1) is 18.5 Å². The summed E-state index contributed by atoms with van der Waals surface area (Å²) < 4.78 is 45.1. The summed E-state index contributed by atoms with van der Waals surface area (Å²) in [5.41, 5.74) is 2.34. The summed E-state index contributed by atoms with van der Waals surface area (Å²) >= 11 is 0. The van der Waals surface area contributed by atoms with E-state index in [1.807, 2.05) is 25.1 Å². The highest BCUT2D eigenvalue weighted by molar-refractivity contribution is 7.92. The monoisotopic (exact) mass is 442 g/mol. The molecule has 3 rings (SSSR count). The van der Waals surface area contributed by atoms with E-state index in [1.54, 1.807) is 42.5 Å². The maximum absolute atomic E-state index is 14.0. The molecule has 31 heavy (non-hydrogen) atoms. The fourth-order valence-electron chi connectivity index (χ4n) is 2.96. The van der Waals surface area contributed by atoms with Gasteiger partial charge < -0.3 is 10.1 Å². The van der Waals surface area contributed by atoms with Gasteiger partial charge in [0.2, 0.25) is 10.0 Å². The Morgan fingerprint density at radius 2 is 1.74 bits per heavy atom. The van der Waals surface area contributed by atoms with E-state index in [9.17, 15) is 17.6 Å². The first-order chi connectivity index (χ1) is 14.7. The molecule has 0 radical (unpaired) electrons. The molecule has 3 aromatic rings. The normalized spacial score (nSPS) is 11.1. The average Bonchev–Trinajstić information content (AvgIpc) is 2.71. The third kappa shape index (κ3) is 6.29. The molecule has 0 bridgehead atoms. The van der Waals surface area contributed by atoms with Crippen LogP contribution in [0.1, 0.15) is 11.1 Å². The third-order valence-electron chi connectivity index (χ3n) is 4.47. The smallest absolute Gasteiger partial charge is 0.262 e. The van der Waals surface area contributed by atoms with E-state index in [0.717, 1.165) is 16.1 Å². The number of aryl methyl sites for hydroxylation is 1. The highest BCUT2D eigenvalue weighted by atomic mass is 32.2. The van der Waals surface area contributed by atoms with Gasteiger partial charge in [-0.1, -0.05) is 30.3 Å². The molecule has 1 N–H and O–H groups in total. The lowest BCUT2D eigenvalue weighted by Crippen LogP contribution is -2.29. The number of rotatable bonds is 8. The number of carbonyl (C=O) groups excluding carboxylic acids is 1. The Morgan fingerprint density at radius 3 is 2.39 bits per heavy atom. The molecule has 0 aromatic heterocycles. The van der Waals surface area contributed by atoms with E-state index in [0.29, 0.717) is 17.1 Å². The molecule has 8 heteroatoms. The quantitative estimate of drug-likeness (QED) is 0.570. The van der Waals surface area contributed by atoms with Crippen molar-refractivity contribution in [1.29, 1.82) is 0 Å². The van der Waals surface area contributed by atoms with Crippen LogP contribution < -0.4 is 14.4 Å². The Kier molecular flexibility index (Phi) is 6.91. The topological polar surface area (TPSA) is 75.7 Å². The zero-order valence-corrected chi connectivity index (χ0v) is 18.0. The van der Waals surface area contributed by atoms with Crippen LogP contribution in [0.2, 0.25) is 0 Å². The van der Waals surface area contributed by atoms with Gasteiger partial charge in [-0.05, 0) is 55.0 Å². The number of amides is 1. The Balaban J connectivity index is 1.66. The first-order valence-corrected chi connectivity index (χ1v) is 11.4. The summed E-state index contributed by atoms with van der Waals surface area (Å²) in [4.78, 5) is 12.1. The molecule has 0 aliphatic rings. The van der Waals surface area contributed by atoms with E-state index in [2.05, 4.69) is 5.32 Å². The molecule has 162 valence electrons. The standard InChI is InChI=1S/C23H23FN2O4S/c1-17-6-5-8-19(14-17)25-23(27)16-30-21-12-10-20(11-13-21)26(31(2,28)29)15-18-7-3-4-9-22(18)24/h3-14H,15-16H2,1-2H3,(H,25,27). The van der Waals surface area contributed by atoms with Gasteiger partial charge in [0.1, 0.15) is 11.6 Å². The van der Waals surface area contributed by atoms with Crippen LogP contribution in [-0.2, 0) is 21.4 Å². The van der Waals surface area contributed by atoms with E-state index < -0.39 is 15.8 Å². The molecule has 0 unspecified atom stereocenters. The van der Waals surface area contributed by atoms with Crippen molar-refractivity contribution in [3.8, 4) is 5.75 Å². The number of carbonyl (C=O) groups is 1. The predicted molar refractivity (Wildman–Crippen MR) is 119 cm³/mol. The number of halogens is 1. The summed E-state index contributed by atoms with van der Waals surface area (Å²) in [5, 5.41) is 2.75. The largest absolute Gasteiger partial charge is 0.484 e. The molecule has 0 atom stereocenters. The molecular weight excluding hydrogens is 419 g/mol. The second-order valence-electron chi connectivity index (χ2n) is 7.06. The minimum absolute atomic E-state index is 0.134. The Bertz CT molecular complexity index is 1160. The third-order valence-corrected chi connectivity index (χ3v) is 5.61. The van der Waals surface area contributed by atoms with Crippen molar-refractivity contribution in [3.63, 3.8) is 0 Å². The molecular formula is C23H23FN2O4S. The average molecular weight is 443 g/mol. The van der Waals surface area contributed by atoms with Crippen molar-refractivity contribution in [2.75, 3.05) is 22.5 Å². The number of nitrogens with one attached hydrogen (secondary N) is 1. The fraction of sp³-hybridized carbons (Fsp3) is 0.174. The van der Waals surface area contributed by atoms with Crippen LogP contribution in [-0.4, -0.2) is 27.2 Å². The SMILES string of the molecule is Cc1cccc(NC(=O)COc2ccc(N(Cc3ccccc3F)S(C)(=O)=O)cc2)c1. The molecule has 3 aromatic carbocycles. The van der Waals surface area contributed by atoms with E-state index in [-0.39, 0.29) is 24.6 Å². The van der Waals surface area contributed by atoms with E-state index in [4.69, 9.17) is 4.74 Å². The van der Waals surface area contributed by atoms with Crippen molar-refractivity contribution in [1.82, 2.24) is 0 Å². The number of benzene rings is 3. The summed E-state index contributed by atoms with van der Waals surface area (Å²) in [6, 6.07) is 19.7. The molecule has 1 amide bonds. The lowest BCUT2D eigenvalue weighted by atomic mass is 10.2. The highest BCUT2D eigenvalue weighted by Gasteiger charge is 2.19. The lowest BCUT2D eigenvalue weighted by Gasteiger charge is -2.23. The van der Waals surface area contributed by atoms with Crippen LogP contribution in [0.4, 0.5) is 15.8 Å². The van der Waals surface area contributed by atoms with Crippen LogP contribution in [0.5, 0.6) is 5.75 Å². The van der Waals surface area contributed by atoms with Gasteiger partial charge in [0.25, 0.3) is 5.91 Å². The van der Waals surface area contributed by atoms with Crippen LogP contribution in [0.25, 0.3) is 0 Å². The molecule has 0 spiro atoms. The second-order valence-corrected chi connectivity index (χ2v) is 8.97. The molecule has 0 aliphatic heterocycles. The minimum atomic E-state index is -3.65. The minimum Gasteiger partial charge on any atom is -0.484 e. The first kappa shape index (κ1) is 22.3. The molecule has 6 nitrogen and oxygen atoms in total. The molecule has 0 fully saturated rings. The Morgan fingerprint density at radius 1 is 1.03 bits per heavy atom. The summed E-state index contributed by atoms with van der Waals surface area (Å²) in [5.74, 6) is -0.384. The fourth-order valence-corrected chi connectivity index (χ4v) is 3.84. The number of hydrogen-bond acceptors (Lipinski definition) is 4. The summed E-state index contributed by atoms with van der Waals surface area (Å²) in [7, 11) is -3.65. The van der Waals surface area contributed by atoms with Gasteiger partial charge in [-0.15, -0.1) is 0 Å². The number of sulfonamides is 1. The number of nitrogens with zero attached hydrogens (tertiary/aromatic N) is 1. The van der Waals surface area contributed by atoms with E-state index in [1.165, 1.54) is 12.1 Å². The van der Waals surface area contributed by atoms with Gasteiger partial charge in [-0.2, -0.15) is 0 Å². The lowest BCUT2D eigenvalue weighted by molar-refractivity contribution is -0.118. The van der Waals surface area contributed by atoms with Crippen LogP contribution in [0.3, 0.4) is 0 Å². The highest BCUT2D eigenvalue weighted by Crippen LogP contribution is 2.24. The van der Waals surface area contributed by atoms with Gasteiger partial charge in [-0.25, -0.2) is 12.8 Å². The van der Waals surface area contributed by atoms with Crippen molar-refractivity contribution < 1.29 is 22.3 Å². The van der Waals surface area contributed by atoms with Crippen LogP contribution >= 0.6 is 0 Å². The maximum Gasteiger partial charge on any atom is 0.262 e. The second kappa shape index (κ2) is 9.61. The zero-order valence-electron chi connectivity index (χ0n) is 17.2. The predicted octanol–water partition coefficient (Wildman–Crippen LogP) is 4.12. The van der Waals surface area contributed by atoms with E-state index >= 15 is 0 Å². The molecule has 0 heterocycles. The number of hydrogen-bond donors (Lipinski definition) is 1. The molecule has 0 saturated heterocycles. The van der Waals surface area contributed by atoms with Gasteiger partial charge >= 0.3 is 0 Å². The first-order valence-electron chi connectivity index (χ1n) is 9.53. The van der Waals surface area contributed by atoms with Crippen molar-refractivity contribution in [2.45, 2.75) is 13.5 Å². The Labute approximate surface area is 181 Å². The summed E-state index contributed by atoms with van der Waals surface area (Å²) in [6.07, 6.45) is 1.06. The zero-order chi connectivity index (χ0) is 22.4. The summed E-state index contributed by atoms with van der Waals surface area (Å²) in [6.45, 7) is 1.60. The van der Waals surface area contributed by atoms with Gasteiger partial charge in [0, 0.05) is 11.3 Å². The van der Waals surface area contributed by atoms with Crippen LogP contribution in [0.15, 0.2) is 72.8 Å². The Hall–Kier alpha value is -3.39.